The predicted octanol–water partition coefficient (Wildman–Crippen LogP) is 1.97. The fourth-order valence-electron chi connectivity index (χ4n) is 1.16. The first-order valence-corrected chi connectivity index (χ1v) is 4.46. The van der Waals surface area contributed by atoms with Crippen molar-refractivity contribution in [1.29, 1.82) is 0 Å². The number of carbonyl (C=O) groups excluding carboxylic acids is 1. The summed E-state index contributed by atoms with van der Waals surface area (Å²) in [6, 6.07) is 0. The fraction of sp³-hybridized carbons (Fsp3) is 0.700. The van der Waals surface area contributed by atoms with Crippen molar-refractivity contribution in [2.75, 3.05) is 6.54 Å². The van der Waals surface area contributed by atoms with Gasteiger partial charge in [-0.05, 0) is 12.3 Å². The van der Waals surface area contributed by atoms with E-state index in [4.69, 9.17) is 0 Å². The highest BCUT2D eigenvalue weighted by Gasteiger charge is 2.12. The predicted molar refractivity (Wildman–Crippen MR) is 51.8 cm³/mol. The number of carbonyl (C=O) groups is 1. The molecule has 0 fully saturated rings. The lowest BCUT2D eigenvalue weighted by atomic mass is 9.98. The topological polar surface area (TPSA) is 29.1 Å². The van der Waals surface area contributed by atoms with E-state index in [0.717, 1.165) is 6.42 Å². The SMILES string of the molecule is C=CCNC(=O)C(C)CC(C)C. The Balaban J connectivity index is 3.68. The van der Waals surface area contributed by atoms with Gasteiger partial charge in [-0.2, -0.15) is 0 Å². The average Bonchev–Trinajstić information content (AvgIpc) is 1.98. The van der Waals surface area contributed by atoms with Crippen LogP contribution in [0.15, 0.2) is 12.7 Å². The second-order valence-electron chi connectivity index (χ2n) is 3.56. The van der Waals surface area contributed by atoms with Gasteiger partial charge in [0, 0.05) is 12.5 Å². The molecule has 0 aliphatic heterocycles. The molecular formula is C10H19NO. The van der Waals surface area contributed by atoms with Gasteiger partial charge in [-0.15, -0.1) is 6.58 Å². The maximum Gasteiger partial charge on any atom is 0.223 e. The maximum absolute atomic E-state index is 11.3. The molecule has 0 saturated carbocycles. The summed E-state index contributed by atoms with van der Waals surface area (Å²) in [5, 5.41) is 2.78. The standard InChI is InChI=1S/C10H19NO/c1-5-6-11-10(12)9(4)7-8(2)3/h5,8-9H,1,6-7H2,2-4H3,(H,11,12). The molecule has 0 aromatic rings. The molecule has 1 unspecified atom stereocenters. The van der Waals surface area contributed by atoms with E-state index in [0.29, 0.717) is 12.5 Å². The lowest BCUT2D eigenvalue weighted by molar-refractivity contribution is -0.124. The zero-order chi connectivity index (χ0) is 9.56. The van der Waals surface area contributed by atoms with Crippen LogP contribution in [0.1, 0.15) is 27.2 Å². The van der Waals surface area contributed by atoms with Gasteiger partial charge < -0.3 is 5.32 Å². The van der Waals surface area contributed by atoms with Gasteiger partial charge in [-0.25, -0.2) is 0 Å². The Labute approximate surface area is 75.0 Å². The zero-order valence-corrected chi connectivity index (χ0v) is 8.26. The van der Waals surface area contributed by atoms with Crippen molar-refractivity contribution in [3.63, 3.8) is 0 Å². The summed E-state index contributed by atoms with van der Waals surface area (Å²) in [6.45, 7) is 10.3. The normalized spacial score (nSPS) is 12.7. The van der Waals surface area contributed by atoms with Crippen LogP contribution < -0.4 is 5.32 Å². The van der Waals surface area contributed by atoms with Crippen LogP contribution in [0.25, 0.3) is 0 Å². The first kappa shape index (κ1) is 11.2. The third kappa shape index (κ3) is 4.94. The van der Waals surface area contributed by atoms with E-state index in [2.05, 4.69) is 25.7 Å². The van der Waals surface area contributed by atoms with Gasteiger partial charge in [0.25, 0.3) is 0 Å². The Morgan fingerprint density at radius 3 is 2.50 bits per heavy atom. The van der Waals surface area contributed by atoms with Crippen LogP contribution in [-0.2, 0) is 4.79 Å². The van der Waals surface area contributed by atoms with Crippen molar-refractivity contribution in [1.82, 2.24) is 5.32 Å². The highest BCUT2D eigenvalue weighted by Crippen LogP contribution is 2.10. The monoisotopic (exact) mass is 169 g/mol. The molecule has 70 valence electrons. The summed E-state index contributed by atoms with van der Waals surface area (Å²) < 4.78 is 0. The first-order valence-electron chi connectivity index (χ1n) is 4.46. The van der Waals surface area contributed by atoms with Gasteiger partial charge in [-0.3, -0.25) is 4.79 Å². The van der Waals surface area contributed by atoms with Crippen molar-refractivity contribution in [2.24, 2.45) is 11.8 Å². The summed E-state index contributed by atoms with van der Waals surface area (Å²) in [5.41, 5.74) is 0. The highest BCUT2D eigenvalue weighted by atomic mass is 16.1. The lowest BCUT2D eigenvalue weighted by Crippen LogP contribution is -2.29. The molecule has 0 saturated heterocycles. The highest BCUT2D eigenvalue weighted by molar-refractivity contribution is 5.78. The molecule has 0 aliphatic rings. The Morgan fingerprint density at radius 2 is 2.08 bits per heavy atom. The summed E-state index contributed by atoms with van der Waals surface area (Å²) in [4.78, 5) is 11.3. The average molecular weight is 169 g/mol. The molecule has 12 heavy (non-hydrogen) atoms. The molecule has 1 atom stereocenters. The van der Waals surface area contributed by atoms with Gasteiger partial charge in [0.2, 0.25) is 5.91 Å². The van der Waals surface area contributed by atoms with Crippen LogP contribution in [0.4, 0.5) is 0 Å². The van der Waals surface area contributed by atoms with E-state index in [1.54, 1.807) is 6.08 Å². The summed E-state index contributed by atoms with van der Waals surface area (Å²) in [5.74, 6) is 0.822. The smallest absolute Gasteiger partial charge is 0.223 e. The third-order valence-electron chi connectivity index (χ3n) is 1.69. The van der Waals surface area contributed by atoms with Crippen molar-refractivity contribution in [3.05, 3.63) is 12.7 Å². The molecule has 1 N–H and O–H groups in total. The van der Waals surface area contributed by atoms with E-state index in [-0.39, 0.29) is 11.8 Å². The molecule has 0 aromatic heterocycles. The van der Waals surface area contributed by atoms with E-state index in [1.165, 1.54) is 0 Å². The van der Waals surface area contributed by atoms with Crippen LogP contribution in [0.3, 0.4) is 0 Å². The largest absolute Gasteiger partial charge is 0.352 e. The van der Waals surface area contributed by atoms with E-state index in [9.17, 15) is 4.79 Å². The van der Waals surface area contributed by atoms with Gasteiger partial charge in [0.05, 0.1) is 0 Å². The minimum atomic E-state index is 0.116. The number of hydrogen-bond acceptors (Lipinski definition) is 1. The van der Waals surface area contributed by atoms with Gasteiger partial charge in [-0.1, -0.05) is 26.8 Å². The van der Waals surface area contributed by atoms with E-state index < -0.39 is 0 Å². The quantitative estimate of drug-likeness (QED) is 0.626. The van der Waals surface area contributed by atoms with Crippen molar-refractivity contribution < 1.29 is 4.79 Å². The molecule has 0 bridgehead atoms. The van der Waals surface area contributed by atoms with Crippen LogP contribution >= 0.6 is 0 Å². The van der Waals surface area contributed by atoms with E-state index in [1.807, 2.05) is 6.92 Å². The number of rotatable bonds is 5. The number of hydrogen-bond donors (Lipinski definition) is 1. The second-order valence-corrected chi connectivity index (χ2v) is 3.56. The molecule has 0 radical (unpaired) electrons. The molecule has 0 spiro atoms. The Kier molecular flexibility index (Phi) is 5.43. The summed E-state index contributed by atoms with van der Waals surface area (Å²) in [7, 11) is 0. The molecule has 0 aromatic carbocycles. The molecule has 0 rings (SSSR count). The van der Waals surface area contributed by atoms with Gasteiger partial charge >= 0.3 is 0 Å². The summed E-state index contributed by atoms with van der Waals surface area (Å²) >= 11 is 0. The van der Waals surface area contributed by atoms with Gasteiger partial charge in [0.15, 0.2) is 0 Å². The minimum absolute atomic E-state index is 0.116. The second kappa shape index (κ2) is 5.81. The van der Waals surface area contributed by atoms with Crippen molar-refractivity contribution in [3.8, 4) is 0 Å². The zero-order valence-electron chi connectivity index (χ0n) is 8.26. The Hall–Kier alpha value is -0.790. The third-order valence-corrected chi connectivity index (χ3v) is 1.69. The van der Waals surface area contributed by atoms with Crippen LogP contribution in [0.2, 0.25) is 0 Å². The number of amides is 1. The van der Waals surface area contributed by atoms with Crippen LogP contribution in [0.5, 0.6) is 0 Å². The molecule has 0 heterocycles. The minimum Gasteiger partial charge on any atom is -0.352 e. The first-order chi connectivity index (χ1) is 5.57. The molecule has 2 nitrogen and oxygen atoms in total. The Bertz CT molecular complexity index is 152. The molecule has 2 heteroatoms. The number of nitrogens with one attached hydrogen (secondary N) is 1. The fourth-order valence-corrected chi connectivity index (χ4v) is 1.16. The summed E-state index contributed by atoms with van der Waals surface area (Å²) in [6.07, 6.45) is 2.64. The molecular weight excluding hydrogens is 150 g/mol. The molecule has 0 aliphatic carbocycles. The Morgan fingerprint density at radius 1 is 1.50 bits per heavy atom. The van der Waals surface area contributed by atoms with Crippen molar-refractivity contribution >= 4 is 5.91 Å². The van der Waals surface area contributed by atoms with Gasteiger partial charge in [0.1, 0.15) is 0 Å². The van der Waals surface area contributed by atoms with Crippen molar-refractivity contribution in [2.45, 2.75) is 27.2 Å². The van der Waals surface area contributed by atoms with Crippen LogP contribution in [-0.4, -0.2) is 12.5 Å². The molecule has 1 amide bonds. The lowest BCUT2D eigenvalue weighted by Gasteiger charge is -2.12. The van der Waals surface area contributed by atoms with E-state index >= 15 is 0 Å². The maximum atomic E-state index is 11.3. The van der Waals surface area contributed by atoms with Crippen LogP contribution in [0, 0.1) is 11.8 Å².